The molecule has 140 valence electrons. The summed E-state index contributed by atoms with van der Waals surface area (Å²) >= 11 is 0. The molecule has 0 fully saturated rings. The van der Waals surface area contributed by atoms with Gasteiger partial charge in [-0.25, -0.2) is 0 Å². The van der Waals surface area contributed by atoms with Crippen molar-refractivity contribution in [3.05, 3.63) is 47.5 Å². The summed E-state index contributed by atoms with van der Waals surface area (Å²) in [4.78, 5) is 0. The standard InChI is InChI=1S/2C11H14O2/c1-11(2,3)8-4-5-9-10(6-8)13-7-12-9;1-11(2,3)8-5-4-6-9-10(8)13-7-12-9/h2*4-6H,7H2,1-3H3. The normalized spacial score (nSPS) is 14.7. The van der Waals surface area contributed by atoms with E-state index in [1.165, 1.54) is 11.1 Å². The fourth-order valence-corrected chi connectivity index (χ4v) is 2.88. The van der Waals surface area contributed by atoms with Crippen LogP contribution in [0.1, 0.15) is 52.7 Å². The number of ether oxygens (including phenoxy) is 4. The summed E-state index contributed by atoms with van der Waals surface area (Å²) < 4.78 is 21.3. The molecule has 0 aliphatic carbocycles. The first-order valence-electron chi connectivity index (χ1n) is 8.95. The summed E-state index contributed by atoms with van der Waals surface area (Å²) in [6, 6.07) is 12.2. The van der Waals surface area contributed by atoms with Crippen LogP contribution in [-0.2, 0) is 10.8 Å². The second-order valence-electron chi connectivity index (χ2n) is 8.61. The molecule has 4 nitrogen and oxygen atoms in total. The summed E-state index contributed by atoms with van der Waals surface area (Å²) in [5.74, 6) is 3.50. The van der Waals surface area contributed by atoms with E-state index >= 15 is 0 Å². The van der Waals surface area contributed by atoms with Gasteiger partial charge in [-0.2, -0.15) is 0 Å². The molecule has 0 N–H and O–H groups in total. The molecule has 0 aromatic heterocycles. The van der Waals surface area contributed by atoms with E-state index in [2.05, 4.69) is 59.7 Å². The SMILES string of the molecule is CC(C)(C)c1ccc2c(c1)OCO2.CC(C)(C)c1cccc2c1OCO2. The maximum atomic E-state index is 5.43. The lowest BCUT2D eigenvalue weighted by atomic mass is 9.86. The Kier molecular flexibility index (Phi) is 4.78. The van der Waals surface area contributed by atoms with E-state index < -0.39 is 0 Å². The van der Waals surface area contributed by atoms with Crippen molar-refractivity contribution >= 4 is 0 Å². The van der Waals surface area contributed by atoms with Crippen LogP contribution in [0.4, 0.5) is 0 Å². The van der Waals surface area contributed by atoms with Crippen molar-refractivity contribution < 1.29 is 18.9 Å². The fourth-order valence-electron chi connectivity index (χ4n) is 2.88. The largest absolute Gasteiger partial charge is 0.454 e. The minimum atomic E-state index is 0.110. The molecule has 0 spiro atoms. The number of fused-ring (bicyclic) bond motifs is 2. The maximum absolute atomic E-state index is 5.43. The van der Waals surface area contributed by atoms with Crippen LogP contribution in [0.5, 0.6) is 23.0 Å². The Morgan fingerprint density at radius 3 is 2.00 bits per heavy atom. The Labute approximate surface area is 156 Å². The molecular formula is C22H28O4. The van der Waals surface area contributed by atoms with Gasteiger partial charge in [0.25, 0.3) is 0 Å². The first-order chi connectivity index (χ1) is 12.2. The van der Waals surface area contributed by atoms with Gasteiger partial charge in [0.1, 0.15) is 0 Å². The van der Waals surface area contributed by atoms with Gasteiger partial charge in [-0.15, -0.1) is 0 Å². The monoisotopic (exact) mass is 356 g/mol. The molecule has 0 saturated carbocycles. The van der Waals surface area contributed by atoms with Gasteiger partial charge in [0.05, 0.1) is 0 Å². The van der Waals surface area contributed by atoms with E-state index in [4.69, 9.17) is 18.9 Å². The quantitative estimate of drug-likeness (QED) is 0.631. The van der Waals surface area contributed by atoms with E-state index in [1.807, 2.05) is 18.2 Å². The molecule has 2 aliphatic rings. The van der Waals surface area contributed by atoms with Crippen molar-refractivity contribution in [3.63, 3.8) is 0 Å². The molecule has 2 aromatic carbocycles. The van der Waals surface area contributed by atoms with Crippen LogP contribution in [0.2, 0.25) is 0 Å². The summed E-state index contributed by atoms with van der Waals surface area (Å²) in [5.41, 5.74) is 2.76. The Hall–Kier alpha value is -2.36. The van der Waals surface area contributed by atoms with E-state index in [9.17, 15) is 0 Å². The van der Waals surface area contributed by atoms with Crippen LogP contribution >= 0.6 is 0 Å². The zero-order chi connectivity index (χ0) is 18.9. The summed E-state index contributed by atoms with van der Waals surface area (Å²) in [5, 5.41) is 0. The summed E-state index contributed by atoms with van der Waals surface area (Å²) in [7, 11) is 0. The molecule has 2 aromatic rings. The van der Waals surface area contributed by atoms with Gasteiger partial charge in [0.15, 0.2) is 23.0 Å². The lowest BCUT2D eigenvalue weighted by molar-refractivity contribution is 0.172. The third kappa shape index (κ3) is 3.90. The van der Waals surface area contributed by atoms with E-state index in [-0.39, 0.29) is 10.8 Å². The van der Waals surface area contributed by atoms with Gasteiger partial charge >= 0.3 is 0 Å². The fraction of sp³-hybridized carbons (Fsp3) is 0.455. The van der Waals surface area contributed by atoms with Crippen LogP contribution < -0.4 is 18.9 Å². The highest BCUT2D eigenvalue weighted by atomic mass is 16.7. The third-order valence-corrected chi connectivity index (χ3v) is 4.44. The Morgan fingerprint density at radius 1 is 0.654 bits per heavy atom. The van der Waals surface area contributed by atoms with E-state index in [0.29, 0.717) is 13.6 Å². The first-order valence-corrected chi connectivity index (χ1v) is 8.95. The zero-order valence-corrected chi connectivity index (χ0v) is 16.5. The average molecular weight is 356 g/mol. The zero-order valence-electron chi connectivity index (χ0n) is 16.5. The molecule has 0 saturated heterocycles. The lowest BCUT2D eigenvalue weighted by Gasteiger charge is -2.20. The van der Waals surface area contributed by atoms with Crippen LogP contribution in [-0.4, -0.2) is 13.6 Å². The van der Waals surface area contributed by atoms with Crippen molar-refractivity contribution in [1.29, 1.82) is 0 Å². The molecule has 0 unspecified atom stereocenters. The van der Waals surface area contributed by atoms with Crippen molar-refractivity contribution in [1.82, 2.24) is 0 Å². The number of benzene rings is 2. The lowest BCUT2D eigenvalue weighted by Crippen LogP contribution is -2.11. The smallest absolute Gasteiger partial charge is 0.231 e. The second-order valence-corrected chi connectivity index (χ2v) is 8.61. The minimum absolute atomic E-state index is 0.110. The van der Waals surface area contributed by atoms with Crippen molar-refractivity contribution in [3.8, 4) is 23.0 Å². The van der Waals surface area contributed by atoms with Gasteiger partial charge in [-0.1, -0.05) is 59.7 Å². The Balaban J connectivity index is 0.000000151. The molecule has 2 heterocycles. The topological polar surface area (TPSA) is 36.9 Å². The van der Waals surface area contributed by atoms with Crippen LogP contribution in [0.15, 0.2) is 36.4 Å². The Morgan fingerprint density at radius 2 is 1.31 bits per heavy atom. The van der Waals surface area contributed by atoms with Gasteiger partial charge in [-0.3, -0.25) is 0 Å². The third-order valence-electron chi connectivity index (χ3n) is 4.44. The molecular weight excluding hydrogens is 328 g/mol. The van der Waals surface area contributed by atoms with Crippen LogP contribution in [0.3, 0.4) is 0 Å². The molecule has 0 amide bonds. The van der Waals surface area contributed by atoms with E-state index in [0.717, 1.165) is 23.0 Å². The highest BCUT2D eigenvalue weighted by Crippen LogP contribution is 2.41. The molecule has 26 heavy (non-hydrogen) atoms. The van der Waals surface area contributed by atoms with Crippen molar-refractivity contribution in [2.24, 2.45) is 0 Å². The highest BCUT2D eigenvalue weighted by molar-refractivity contribution is 5.50. The van der Waals surface area contributed by atoms with Crippen LogP contribution in [0.25, 0.3) is 0 Å². The highest BCUT2D eigenvalue weighted by Gasteiger charge is 2.24. The van der Waals surface area contributed by atoms with Gasteiger partial charge < -0.3 is 18.9 Å². The molecule has 0 bridgehead atoms. The van der Waals surface area contributed by atoms with Crippen molar-refractivity contribution in [2.75, 3.05) is 13.6 Å². The first kappa shape index (κ1) is 18.4. The predicted molar refractivity (Wildman–Crippen MR) is 103 cm³/mol. The molecule has 2 aliphatic heterocycles. The molecule has 0 radical (unpaired) electrons. The average Bonchev–Trinajstić information content (AvgIpc) is 3.21. The summed E-state index contributed by atoms with van der Waals surface area (Å²) in [6.07, 6.45) is 0. The van der Waals surface area contributed by atoms with E-state index in [1.54, 1.807) is 0 Å². The number of hydrogen-bond donors (Lipinski definition) is 0. The van der Waals surface area contributed by atoms with Gasteiger partial charge in [0, 0.05) is 5.56 Å². The summed E-state index contributed by atoms with van der Waals surface area (Å²) in [6.45, 7) is 13.8. The molecule has 4 heteroatoms. The number of rotatable bonds is 0. The van der Waals surface area contributed by atoms with Crippen molar-refractivity contribution in [2.45, 2.75) is 52.4 Å². The number of hydrogen-bond acceptors (Lipinski definition) is 4. The molecule has 4 rings (SSSR count). The minimum Gasteiger partial charge on any atom is -0.454 e. The maximum Gasteiger partial charge on any atom is 0.231 e. The molecule has 0 atom stereocenters. The number of para-hydroxylation sites is 1. The Bertz CT molecular complexity index is 782. The van der Waals surface area contributed by atoms with Gasteiger partial charge in [-0.05, 0) is 34.6 Å². The van der Waals surface area contributed by atoms with Gasteiger partial charge in [0.2, 0.25) is 13.6 Å². The second kappa shape index (κ2) is 6.75. The predicted octanol–water partition coefficient (Wildman–Crippen LogP) is 5.43. The van der Waals surface area contributed by atoms with Crippen LogP contribution in [0, 0.1) is 0 Å².